The van der Waals surface area contributed by atoms with Gasteiger partial charge in [-0.05, 0) is 70.6 Å². The van der Waals surface area contributed by atoms with Gasteiger partial charge in [0.05, 0.1) is 17.8 Å². The van der Waals surface area contributed by atoms with Gasteiger partial charge in [0.25, 0.3) is 0 Å². The number of benzene rings is 1. The highest BCUT2D eigenvalue weighted by Gasteiger charge is 2.41. The van der Waals surface area contributed by atoms with Crippen LogP contribution in [0.25, 0.3) is 0 Å². The minimum atomic E-state index is -0.194. The number of carbonyl (C=O) groups excluding carboxylic acids is 1. The topological polar surface area (TPSA) is 66.5 Å². The minimum absolute atomic E-state index is 0.0168. The van der Waals surface area contributed by atoms with Crippen molar-refractivity contribution in [1.82, 2.24) is 10.3 Å². The van der Waals surface area contributed by atoms with E-state index in [0.29, 0.717) is 10.8 Å². The van der Waals surface area contributed by atoms with Crippen LogP contribution in [-0.2, 0) is 9.53 Å². The molecule has 6 nitrogen and oxygen atoms in total. The molecule has 1 aliphatic heterocycles. The van der Waals surface area contributed by atoms with Crippen molar-refractivity contribution < 1.29 is 9.53 Å². The van der Waals surface area contributed by atoms with Crippen LogP contribution in [0.2, 0.25) is 0 Å². The third-order valence-electron chi connectivity index (χ3n) is 4.68. The maximum absolute atomic E-state index is 11.8. The highest BCUT2D eigenvalue weighted by molar-refractivity contribution is 9.10. The van der Waals surface area contributed by atoms with Crippen molar-refractivity contribution in [3.8, 4) is 0 Å². The molecule has 30 heavy (non-hydrogen) atoms. The molecule has 2 aromatic heterocycles. The molecule has 0 unspecified atom stereocenters. The second-order valence-corrected chi connectivity index (χ2v) is 8.94. The van der Waals surface area contributed by atoms with E-state index < -0.39 is 0 Å². The second-order valence-electron chi connectivity index (χ2n) is 6.69. The molecule has 4 rings (SSSR count). The Morgan fingerprint density at radius 2 is 2.13 bits per heavy atom. The largest absolute Gasteiger partial charge is 0.375 e. The number of pyridine rings is 1. The molecule has 0 bridgehead atoms. The number of amides is 1. The Balaban J connectivity index is 1.67. The Hall–Kier alpha value is -2.33. The van der Waals surface area contributed by atoms with E-state index in [1.807, 2.05) is 42.5 Å². The number of aromatic nitrogens is 1. The zero-order valence-electron chi connectivity index (χ0n) is 16.0. The molecule has 1 saturated heterocycles. The summed E-state index contributed by atoms with van der Waals surface area (Å²) in [6.45, 7) is 0.0168. The van der Waals surface area contributed by atoms with Gasteiger partial charge in [0.15, 0.2) is 5.11 Å². The number of carbonyl (C=O) groups is 1. The average molecular weight is 503 g/mol. The Morgan fingerprint density at radius 3 is 2.77 bits per heavy atom. The Kier molecular flexibility index (Phi) is 6.43. The summed E-state index contributed by atoms with van der Waals surface area (Å²) < 4.78 is 5.90. The van der Waals surface area contributed by atoms with E-state index in [2.05, 4.69) is 47.9 Å². The van der Waals surface area contributed by atoms with E-state index in [0.717, 1.165) is 15.9 Å². The summed E-state index contributed by atoms with van der Waals surface area (Å²) in [6.07, 6.45) is 1.79. The molecular formula is C21H19BrN4O2S2. The number of nitrogens with zero attached hydrogens (tertiary/aromatic N) is 2. The lowest BCUT2D eigenvalue weighted by Crippen LogP contribution is -2.29. The number of methoxy groups -OCH3 is 1. The van der Waals surface area contributed by atoms with Crippen LogP contribution in [0.4, 0.5) is 11.4 Å². The predicted octanol–water partition coefficient (Wildman–Crippen LogP) is 4.67. The molecule has 3 aromatic rings. The molecule has 0 saturated carbocycles. The van der Waals surface area contributed by atoms with E-state index in [4.69, 9.17) is 17.0 Å². The normalized spacial score (nSPS) is 18.3. The number of rotatable bonds is 6. The van der Waals surface area contributed by atoms with Crippen molar-refractivity contribution in [3.63, 3.8) is 0 Å². The Bertz CT molecular complexity index is 1040. The van der Waals surface area contributed by atoms with Gasteiger partial charge in [-0.15, -0.1) is 11.3 Å². The quantitative estimate of drug-likeness (QED) is 0.477. The zero-order valence-corrected chi connectivity index (χ0v) is 19.3. The van der Waals surface area contributed by atoms with Crippen molar-refractivity contribution in [3.05, 3.63) is 75.2 Å². The van der Waals surface area contributed by atoms with E-state index in [1.165, 1.54) is 12.0 Å². The fourth-order valence-electron chi connectivity index (χ4n) is 3.44. The molecule has 154 valence electrons. The van der Waals surface area contributed by atoms with Gasteiger partial charge in [-0.25, -0.2) is 0 Å². The number of nitrogens with one attached hydrogen (secondary N) is 2. The molecule has 0 aliphatic carbocycles. The van der Waals surface area contributed by atoms with Crippen LogP contribution in [0.1, 0.15) is 22.7 Å². The van der Waals surface area contributed by atoms with Crippen LogP contribution in [-0.4, -0.2) is 29.7 Å². The lowest BCUT2D eigenvalue weighted by atomic mass is 10.0. The number of hydrogen-bond acceptors (Lipinski definition) is 5. The fourth-order valence-corrected chi connectivity index (χ4v) is 5.36. The monoisotopic (exact) mass is 502 g/mol. The molecule has 0 spiro atoms. The molecule has 1 fully saturated rings. The van der Waals surface area contributed by atoms with E-state index >= 15 is 0 Å². The van der Waals surface area contributed by atoms with Crippen LogP contribution >= 0.6 is 39.5 Å². The molecule has 2 atom stereocenters. The second kappa shape index (κ2) is 9.22. The van der Waals surface area contributed by atoms with Gasteiger partial charge in [0, 0.05) is 39.4 Å². The average Bonchev–Trinajstić information content (AvgIpc) is 3.32. The number of thiocarbonyl (C=S) groups is 1. The Labute approximate surface area is 192 Å². The molecule has 2 N–H and O–H groups in total. The molecule has 1 amide bonds. The first-order valence-corrected chi connectivity index (χ1v) is 11.3. The van der Waals surface area contributed by atoms with Crippen LogP contribution in [0.15, 0.2) is 64.6 Å². The number of hydrogen-bond donors (Lipinski definition) is 2. The first-order chi connectivity index (χ1) is 14.6. The molecule has 1 aromatic carbocycles. The number of halogens is 1. The van der Waals surface area contributed by atoms with Crippen molar-refractivity contribution >= 4 is 61.9 Å². The molecule has 3 heterocycles. The summed E-state index contributed by atoms with van der Waals surface area (Å²) >= 11 is 11.0. The molecule has 0 radical (unpaired) electrons. The van der Waals surface area contributed by atoms with Gasteiger partial charge >= 0.3 is 0 Å². The third-order valence-corrected chi connectivity index (χ3v) is 6.76. The van der Waals surface area contributed by atoms with Crippen LogP contribution in [0.3, 0.4) is 0 Å². The first-order valence-electron chi connectivity index (χ1n) is 9.20. The zero-order chi connectivity index (χ0) is 21.1. The maximum Gasteiger partial charge on any atom is 0.250 e. The molecule has 9 heteroatoms. The fraction of sp³-hybridized carbons (Fsp3) is 0.190. The van der Waals surface area contributed by atoms with Gasteiger partial charge in [0.2, 0.25) is 5.91 Å². The minimum Gasteiger partial charge on any atom is -0.375 e. The van der Waals surface area contributed by atoms with E-state index in [9.17, 15) is 4.79 Å². The summed E-state index contributed by atoms with van der Waals surface area (Å²) in [5.41, 5.74) is 2.57. The lowest BCUT2D eigenvalue weighted by molar-refractivity contribution is -0.119. The predicted molar refractivity (Wildman–Crippen MR) is 127 cm³/mol. The smallest absolute Gasteiger partial charge is 0.250 e. The van der Waals surface area contributed by atoms with Crippen molar-refractivity contribution in [2.75, 3.05) is 23.9 Å². The Morgan fingerprint density at radius 1 is 1.33 bits per heavy atom. The van der Waals surface area contributed by atoms with Gasteiger partial charge < -0.3 is 20.3 Å². The third kappa shape index (κ3) is 4.39. The SMILES string of the molecule is COCC(=O)Nc1ccc(N2C(=S)N[C@@H](c3ccccn3)[C@@H]2c2cc(Br)cs2)cc1. The lowest BCUT2D eigenvalue weighted by Gasteiger charge is -2.27. The number of ether oxygens (including phenoxy) is 1. The van der Waals surface area contributed by atoms with Crippen LogP contribution < -0.4 is 15.5 Å². The summed E-state index contributed by atoms with van der Waals surface area (Å²) in [4.78, 5) is 19.6. The van der Waals surface area contributed by atoms with Crippen molar-refractivity contribution in [1.29, 1.82) is 0 Å². The number of anilines is 2. The summed E-state index contributed by atoms with van der Waals surface area (Å²) in [5.74, 6) is -0.194. The van der Waals surface area contributed by atoms with Gasteiger partial charge in [0.1, 0.15) is 6.61 Å². The highest BCUT2D eigenvalue weighted by Crippen LogP contribution is 2.44. The maximum atomic E-state index is 11.8. The van der Waals surface area contributed by atoms with Gasteiger partial charge in [-0.3, -0.25) is 9.78 Å². The van der Waals surface area contributed by atoms with E-state index in [1.54, 1.807) is 17.5 Å². The highest BCUT2D eigenvalue weighted by atomic mass is 79.9. The van der Waals surface area contributed by atoms with E-state index in [-0.39, 0.29) is 24.6 Å². The van der Waals surface area contributed by atoms with Gasteiger partial charge in [-0.2, -0.15) is 0 Å². The summed E-state index contributed by atoms with van der Waals surface area (Å²) in [6, 6.07) is 15.5. The van der Waals surface area contributed by atoms with Gasteiger partial charge in [-0.1, -0.05) is 6.07 Å². The van der Waals surface area contributed by atoms with Crippen LogP contribution in [0.5, 0.6) is 0 Å². The summed E-state index contributed by atoms with van der Waals surface area (Å²) in [5, 5.41) is 8.95. The standard InChI is InChI=1S/C21H19BrN4O2S2/c1-28-11-18(27)24-14-5-7-15(8-6-14)26-20(17-10-13(22)12-30-17)19(25-21(26)29)16-4-2-3-9-23-16/h2-10,12,19-20H,11H2,1H3,(H,24,27)(H,25,29)/t19-,20-/m0/s1. The molecule has 1 aliphatic rings. The van der Waals surface area contributed by atoms with Crippen LogP contribution in [0, 0.1) is 0 Å². The first kappa shape index (κ1) is 20.9. The summed E-state index contributed by atoms with van der Waals surface area (Å²) in [7, 11) is 1.49. The number of thiophene rings is 1. The molecular weight excluding hydrogens is 484 g/mol. The van der Waals surface area contributed by atoms with Crippen molar-refractivity contribution in [2.24, 2.45) is 0 Å². The van der Waals surface area contributed by atoms with Crippen molar-refractivity contribution in [2.45, 2.75) is 12.1 Å².